The third-order valence-electron chi connectivity index (χ3n) is 4.80. The van der Waals surface area contributed by atoms with E-state index in [1.165, 1.54) is 0 Å². The zero-order valence-electron chi connectivity index (χ0n) is 14.8. The monoisotopic (exact) mass is 368 g/mol. The standard InChI is InChI=1S/C19H20N4O4/c1-11(10-24)17-21-19(27-23-17)13-7-14(8-13)20-18(25)15-9-16(26-22-15)12-5-3-2-4-6-12/h2-6,9,11,13-14,24H,7-8,10H2,1H3,(H,20,25)/t11-,13?,14?/m0/s1. The second-order valence-electron chi connectivity index (χ2n) is 6.86. The fraction of sp³-hybridized carbons (Fsp3) is 0.368. The third-order valence-corrected chi connectivity index (χ3v) is 4.80. The Morgan fingerprint density at radius 1 is 1.26 bits per heavy atom. The van der Waals surface area contributed by atoms with Gasteiger partial charge in [0.2, 0.25) is 5.89 Å². The number of hydrogen-bond donors (Lipinski definition) is 2. The molecule has 2 aromatic heterocycles. The minimum absolute atomic E-state index is 0.0228. The number of nitrogens with zero attached hydrogens (tertiary/aromatic N) is 3. The van der Waals surface area contributed by atoms with Gasteiger partial charge in [0.05, 0.1) is 6.61 Å². The van der Waals surface area contributed by atoms with Gasteiger partial charge in [-0.1, -0.05) is 47.6 Å². The van der Waals surface area contributed by atoms with Crippen molar-refractivity contribution in [3.05, 3.63) is 53.8 Å². The van der Waals surface area contributed by atoms with Crippen LogP contribution in [0.5, 0.6) is 0 Å². The molecule has 2 N–H and O–H groups in total. The molecule has 1 atom stereocenters. The summed E-state index contributed by atoms with van der Waals surface area (Å²) in [4.78, 5) is 16.7. The van der Waals surface area contributed by atoms with Crippen LogP contribution in [-0.2, 0) is 0 Å². The Labute approximate surface area is 155 Å². The summed E-state index contributed by atoms with van der Waals surface area (Å²) < 4.78 is 10.5. The highest BCUT2D eigenvalue weighted by atomic mass is 16.5. The molecule has 4 rings (SSSR count). The van der Waals surface area contributed by atoms with Gasteiger partial charge in [-0.3, -0.25) is 4.79 Å². The number of benzene rings is 1. The predicted octanol–water partition coefficient (Wildman–Crippen LogP) is 2.50. The summed E-state index contributed by atoms with van der Waals surface area (Å²) in [5, 5.41) is 19.9. The quantitative estimate of drug-likeness (QED) is 0.687. The topological polar surface area (TPSA) is 114 Å². The molecule has 1 aliphatic carbocycles. The highest BCUT2D eigenvalue weighted by molar-refractivity contribution is 5.93. The van der Waals surface area contributed by atoms with Crippen molar-refractivity contribution in [1.82, 2.24) is 20.6 Å². The van der Waals surface area contributed by atoms with E-state index in [0.29, 0.717) is 17.5 Å². The lowest BCUT2D eigenvalue weighted by Gasteiger charge is -2.33. The Hall–Kier alpha value is -3.00. The molecule has 1 fully saturated rings. The van der Waals surface area contributed by atoms with Crippen molar-refractivity contribution in [1.29, 1.82) is 0 Å². The molecule has 1 aromatic carbocycles. The predicted molar refractivity (Wildman–Crippen MR) is 95.0 cm³/mol. The first-order valence-electron chi connectivity index (χ1n) is 8.91. The first kappa shape index (κ1) is 17.4. The molecule has 1 aliphatic rings. The van der Waals surface area contributed by atoms with Crippen LogP contribution in [0.15, 0.2) is 45.4 Å². The number of hydrogen-bond acceptors (Lipinski definition) is 7. The van der Waals surface area contributed by atoms with Crippen molar-refractivity contribution < 1.29 is 18.9 Å². The zero-order valence-corrected chi connectivity index (χ0v) is 14.8. The van der Waals surface area contributed by atoms with Crippen LogP contribution in [0, 0.1) is 0 Å². The van der Waals surface area contributed by atoms with Crippen LogP contribution in [0.2, 0.25) is 0 Å². The maximum Gasteiger partial charge on any atom is 0.273 e. The number of carbonyl (C=O) groups is 1. The Morgan fingerprint density at radius 3 is 2.78 bits per heavy atom. The van der Waals surface area contributed by atoms with Crippen molar-refractivity contribution in [3.8, 4) is 11.3 Å². The first-order valence-corrected chi connectivity index (χ1v) is 8.91. The number of aliphatic hydroxyl groups excluding tert-OH is 1. The molecule has 1 saturated carbocycles. The molecule has 8 nitrogen and oxygen atoms in total. The van der Waals surface area contributed by atoms with E-state index in [-0.39, 0.29) is 36.1 Å². The highest BCUT2D eigenvalue weighted by Crippen LogP contribution is 2.36. The fourth-order valence-electron chi connectivity index (χ4n) is 3.01. The van der Waals surface area contributed by atoms with Crippen molar-refractivity contribution in [2.45, 2.75) is 37.6 Å². The van der Waals surface area contributed by atoms with E-state index >= 15 is 0 Å². The molecular weight excluding hydrogens is 348 g/mol. The van der Waals surface area contributed by atoms with Gasteiger partial charge in [0.25, 0.3) is 5.91 Å². The van der Waals surface area contributed by atoms with Gasteiger partial charge >= 0.3 is 0 Å². The molecule has 0 spiro atoms. The van der Waals surface area contributed by atoms with Gasteiger partial charge in [0.1, 0.15) is 0 Å². The first-order chi connectivity index (χ1) is 13.1. The number of nitrogens with one attached hydrogen (secondary N) is 1. The Balaban J connectivity index is 1.32. The minimum atomic E-state index is -0.260. The van der Waals surface area contributed by atoms with Crippen LogP contribution < -0.4 is 5.32 Å². The summed E-state index contributed by atoms with van der Waals surface area (Å²) in [6.45, 7) is 1.81. The normalized spacial score (nSPS) is 20.1. The number of amides is 1. The lowest BCUT2D eigenvalue weighted by atomic mass is 9.80. The van der Waals surface area contributed by atoms with E-state index in [2.05, 4.69) is 20.6 Å². The molecule has 1 amide bonds. The average molecular weight is 368 g/mol. The summed E-state index contributed by atoms with van der Waals surface area (Å²) in [5.41, 5.74) is 1.13. The molecule has 0 radical (unpaired) electrons. The molecule has 0 unspecified atom stereocenters. The third kappa shape index (κ3) is 3.61. The van der Waals surface area contributed by atoms with Crippen LogP contribution in [0.3, 0.4) is 0 Å². The van der Waals surface area contributed by atoms with Crippen LogP contribution in [0.4, 0.5) is 0 Å². The largest absolute Gasteiger partial charge is 0.396 e. The lowest BCUT2D eigenvalue weighted by molar-refractivity contribution is 0.0892. The van der Waals surface area contributed by atoms with E-state index in [1.807, 2.05) is 37.3 Å². The van der Waals surface area contributed by atoms with Crippen LogP contribution in [-0.4, -0.2) is 39.0 Å². The molecule has 0 aliphatic heterocycles. The Bertz CT molecular complexity index is 915. The summed E-state index contributed by atoms with van der Waals surface area (Å²) >= 11 is 0. The SMILES string of the molecule is C[C@@H](CO)c1noc(C2CC(NC(=O)c3cc(-c4ccccc4)on3)C2)n1. The van der Waals surface area contributed by atoms with Crippen molar-refractivity contribution in [2.75, 3.05) is 6.61 Å². The fourth-order valence-corrected chi connectivity index (χ4v) is 3.01. The minimum Gasteiger partial charge on any atom is -0.396 e. The Morgan fingerprint density at radius 2 is 2.04 bits per heavy atom. The molecule has 8 heteroatoms. The average Bonchev–Trinajstić information content (AvgIpc) is 3.34. The second-order valence-corrected chi connectivity index (χ2v) is 6.86. The van der Waals surface area contributed by atoms with Gasteiger partial charge in [-0.2, -0.15) is 4.98 Å². The summed E-state index contributed by atoms with van der Waals surface area (Å²) in [6.07, 6.45) is 1.45. The van der Waals surface area contributed by atoms with Crippen molar-refractivity contribution >= 4 is 5.91 Å². The number of aromatic nitrogens is 3. The number of aliphatic hydroxyl groups is 1. The van der Waals surface area contributed by atoms with Crippen molar-refractivity contribution in [2.24, 2.45) is 0 Å². The lowest BCUT2D eigenvalue weighted by Crippen LogP contribution is -2.43. The van der Waals surface area contributed by atoms with Gasteiger partial charge in [-0.25, -0.2) is 0 Å². The summed E-state index contributed by atoms with van der Waals surface area (Å²) in [5.74, 6) is 1.34. The molecule has 140 valence electrons. The van der Waals surface area contributed by atoms with Crippen LogP contribution in [0.1, 0.15) is 53.8 Å². The molecule has 3 aromatic rings. The number of carbonyl (C=O) groups excluding carboxylic acids is 1. The maximum atomic E-state index is 12.4. The highest BCUT2D eigenvalue weighted by Gasteiger charge is 2.36. The smallest absolute Gasteiger partial charge is 0.273 e. The molecule has 0 bridgehead atoms. The molecule has 27 heavy (non-hydrogen) atoms. The van der Waals surface area contributed by atoms with E-state index in [4.69, 9.17) is 14.2 Å². The van der Waals surface area contributed by atoms with Crippen molar-refractivity contribution in [3.63, 3.8) is 0 Å². The van der Waals surface area contributed by atoms with Gasteiger partial charge in [0.15, 0.2) is 17.3 Å². The Kier molecular flexibility index (Phi) is 4.72. The summed E-state index contributed by atoms with van der Waals surface area (Å²) in [6, 6.07) is 11.2. The number of rotatable bonds is 6. The van der Waals surface area contributed by atoms with E-state index in [0.717, 1.165) is 18.4 Å². The second kappa shape index (κ2) is 7.32. The van der Waals surface area contributed by atoms with E-state index in [1.54, 1.807) is 6.07 Å². The van der Waals surface area contributed by atoms with Crippen LogP contribution in [0.25, 0.3) is 11.3 Å². The zero-order chi connectivity index (χ0) is 18.8. The van der Waals surface area contributed by atoms with Crippen LogP contribution >= 0.6 is 0 Å². The van der Waals surface area contributed by atoms with Gasteiger partial charge < -0.3 is 19.5 Å². The molecular formula is C19H20N4O4. The van der Waals surface area contributed by atoms with Gasteiger partial charge in [-0.05, 0) is 12.8 Å². The van der Waals surface area contributed by atoms with Gasteiger partial charge in [0, 0.05) is 29.5 Å². The van der Waals surface area contributed by atoms with E-state index < -0.39 is 0 Å². The maximum absolute atomic E-state index is 12.4. The summed E-state index contributed by atoms with van der Waals surface area (Å²) in [7, 11) is 0. The molecule has 0 saturated heterocycles. The van der Waals surface area contributed by atoms with Gasteiger partial charge in [-0.15, -0.1) is 0 Å². The molecule has 2 heterocycles. The van der Waals surface area contributed by atoms with E-state index in [9.17, 15) is 4.79 Å².